The van der Waals surface area contributed by atoms with Crippen LogP contribution < -0.4 is 55.0 Å². The molecule has 0 radical (unpaired) electrons. The number of methoxy groups -OCH3 is 6. The number of ether oxygens (including phenoxy) is 6. The second kappa shape index (κ2) is 11.8. The molecule has 0 spiro atoms. The summed E-state index contributed by atoms with van der Waals surface area (Å²) in [5.74, 6) is 3.75. The van der Waals surface area contributed by atoms with Gasteiger partial charge in [-0.15, -0.1) is 0 Å². The van der Waals surface area contributed by atoms with Crippen LogP contribution in [0.2, 0.25) is 0 Å². The third-order valence-corrected chi connectivity index (χ3v) is 8.33. The van der Waals surface area contributed by atoms with Crippen LogP contribution >= 0.6 is 7.92 Å². The van der Waals surface area contributed by atoms with E-state index in [0.29, 0.717) is 34.5 Å². The highest BCUT2D eigenvalue weighted by molar-refractivity contribution is 7.81. The van der Waals surface area contributed by atoms with Crippen molar-refractivity contribution in [3.8, 4) is 34.5 Å². The topological polar surface area (TPSA) is 79.4 Å². The first kappa shape index (κ1) is 26.1. The quantitative estimate of drug-likeness (QED) is 0.387. The van der Waals surface area contributed by atoms with E-state index in [1.807, 2.05) is 56.6 Å². The van der Waals surface area contributed by atoms with Crippen LogP contribution in [0.15, 0.2) is 42.5 Å². The Kier molecular flexibility index (Phi) is 8.77. The predicted molar refractivity (Wildman–Crippen MR) is 144 cm³/mol. The van der Waals surface area contributed by atoms with Crippen LogP contribution in [0.3, 0.4) is 0 Å². The van der Waals surface area contributed by atoms with Gasteiger partial charge in [-0.25, -0.2) is 0 Å². The molecule has 35 heavy (non-hydrogen) atoms. The van der Waals surface area contributed by atoms with Gasteiger partial charge in [0.05, 0.1) is 53.3 Å². The lowest BCUT2D eigenvalue weighted by Gasteiger charge is -2.30. The highest BCUT2D eigenvalue weighted by Crippen LogP contribution is 2.50. The van der Waals surface area contributed by atoms with Gasteiger partial charge in [-0.05, 0) is 12.1 Å². The molecule has 3 aromatic carbocycles. The molecule has 188 valence electrons. The van der Waals surface area contributed by atoms with Crippen LogP contribution in [-0.2, 0) is 0 Å². The minimum Gasteiger partial charge on any atom is -0.496 e. The highest BCUT2D eigenvalue weighted by Gasteiger charge is 2.34. The fourth-order valence-electron chi connectivity index (χ4n) is 3.94. The van der Waals surface area contributed by atoms with E-state index < -0.39 is 7.92 Å². The summed E-state index contributed by atoms with van der Waals surface area (Å²) in [5, 5.41) is 9.43. The van der Waals surface area contributed by atoms with Crippen molar-refractivity contribution in [1.29, 1.82) is 0 Å². The molecular weight excluding hydrogens is 467 g/mol. The third-order valence-electron chi connectivity index (χ3n) is 5.62. The number of hydrogen-bond donors (Lipinski definition) is 2. The van der Waals surface area contributed by atoms with Crippen LogP contribution in [-0.4, -0.2) is 56.8 Å². The molecule has 0 aliphatic rings. The van der Waals surface area contributed by atoms with Crippen molar-refractivity contribution in [2.75, 3.05) is 67.4 Å². The Morgan fingerprint density at radius 1 is 0.514 bits per heavy atom. The predicted octanol–water partition coefficient (Wildman–Crippen LogP) is 3.58. The van der Waals surface area contributed by atoms with Gasteiger partial charge in [0.2, 0.25) is 0 Å². The van der Waals surface area contributed by atoms with Gasteiger partial charge in [0.25, 0.3) is 0 Å². The first-order valence-corrected chi connectivity index (χ1v) is 12.2. The molecule has 0 saturated heterocycles. The van der Waals surface area contributed by atoms with Gasteiger partial charge in [0, 0.05) is 63.0 Å². The Balaban J connectivity index is 2.56. The van der Waals surface area contributed by atoms with Crippen molar-refractivity contribution in [3.05, 3.63) is 42.5 Å². The number of anilines is 2. The third kappa shape index (κ3) is 4.98. The molecule has 0 aliphatic carbocycles. The fraction of sp³-hybridized carbons (Fsp3) is 0.308. The van der Waals surface area contributed by atoms with E-state index in [-0.39, 0.29) is 0 Å². The van der Waals surface area contributed by atoms with Crippen LogP contribution in [0.4, 0.5) is 11.4 Å². The number of benzene rings is 3. The van der Waals surface area contributed by atoms with Gasteiger partial charge < -0.3 is 39.1 Å². The Morgan fingerprint density at radius 3 is 1.11 bits per heavy atom. The molecular formula is C26H33N2O6P. The summed E-state index contributed by atoms with van der Waals surface area (Å²) in [5.41, 5.74) is 1.89. The summed E-state index contributed by atoms with van der Waals surface area (Å²) in [6.45, 7) is 0. The second-order valence-corrected chi connectivity index (χ2v) is 9.31. The minimum absolute atomic E-state index is 0.625. The normalized spacial score (nSPS) is 10.5. The van der Waals surface area contributed by atoms with E-state index in [4.69, 9.17) is 28.4 Å². The minimum atomic E-state index is -1.38. The van der Waals surface area contributed by atoms with Crippen molar-refractivity contribution < 1.29 is 28.4 Å². The molecule has 0 amide bonds. The molecule has 0 atom stereocenters. The van der Waals surface area contributed by atoms with E-state index in [1.54, 1.807) is 42.7 Å². The Bertz CT molecular complexity index is 1030. The molecule has 8 nitrogen and oxygen atoms in total. The van der Waals surface area contributed by atoms with Gasteiger partial charge >= 0.3 is 0 Å². The summed E-state index contributed by atoms with van der Waals surface area (Å²) in [4.78, 5) is 0. The average molecular weight is 501 g/mol. The molecule has 2 N–H and O–H groups in total. The van der Waals surface area contributed by atoms with Crippen LogP contribution in [0, 0.1) is 0 Å². The molecule has 9 heteroatoms. The van der Waals surface area contributed by atoms with Crippen molar-refractivity contribution in [1.82, 2.24) is 0 Å². The standard InChI is InChI=1S/C26H33N2O6P/c1-27-18-10-9-11-19(28-2)24(18)35(25-20(31-5)12-16(29-3)13-21(25)32-6)26-22(33-7)14-17(30-4)15-23(26)34-8/h9-15,27-28H,1-8H3. The maximum absolute atomic E-state index is 5.90. The smallest absolute Gasteiger partial charge is 0.134 e. The molecule has 0 unspecified atom stereocenters. The van der Waals surface area contributed by atoms with E-state index >= 15 is 0 Å². The molecule has 0 aliphatic heterocycles. The number of rotatable bonds is 11. The number of nitrogens with one attached hydrogen (secondary N) is 2. The van der Waals surface area contributed by atoms with Gasteiger partial charge in [-0.2, -0.15) is 0 Å². The van der Waals surface area contributed by atoms with Crippen molar-refractivity contribution >= 4 is 35.2 Å². The SMILES string of the molecule is CNc1cccc(NC)c1P(c1c(OC)cc(OC)cc1OC)c1c(OC)cc(OC)cc1OC. The molecule has 0 heterocycles. The average Bonchev–Trinajstić information content (AvgIpc) is 2.92. The largest absolute Gasteiger partial charge is 0.496 e. The van der Waals surface area contributed by atoms with Gasteiger partial charge in [0.15, 0.2) is 0 Å². The Hall–Kier alpha value is -3.51. The van der Waals surface area contributed by atoms with Crippen molar-refractivity contribution in [2.24, 2.45) is 0 Å². The van der Waals surface area contributed by atoms with Crippen molar-refractivity contribution in [2.45, 2.75) is 0 Å². The maximum atomic E-state index is 5.90. The maximum Gasteiger partial charge on any atom is 0.134 e. The molecule has 0 bridgehead atoms. The first-order valence-electron chi connectivity index (χ1n) is 10.9. The van der Waals surface area contributed by atoms with Gasteiger partial charge in [0.1, 0.15) is 34.5 Å². The second-order valence-electron chi connectivity index (χ2n) is 7.30. The molecule has 0 fully saturated rings. The van der Waals surface area contributed by atoms with E-state index in [9.17, 15) is 0 Å². The molecule has 0 aromatic heterocycles. The lowest BCUT2D eigenvalue weighted by atomic mass is 10.2. The summed E-state index contributed by atoms with van der Waals surface area (Å²) in [6.07, 6.45) is 0. The van der Waals surface area contributed by atoms with Crippen LogP contribution in [0.25, 0.3) is 0 Å². The fourth-order valence-corrected chi connectivity index (χ4v) is 6.97. The summed E-state index contributed by atoms with van der Waals surface area (Å²) in [6, 6.07) is 13.5. The van der Waals surface area contributed by atoms with E-state index in [2.05, 4.69) is 10.6 Å². The lowest BCUT2D eigenvalue weighted by molar-refractivity contribution is 0.379. The summed E-state index contributed by atoms with van der Waals surface area (Å²) >= 11 is 0. The first-order chi connectivity index (χ1) is 17.0. The molecule has 3 rings (SSSR count). The lowest BCUT2D eigenvalue weighted by Crippen LogP contribution is -2.28. The molecule has 3 aromatic rings. The summed E-state index contributed by atoms with van der Waals surface area (Å²) < 4.78 is 34.6. The van der Waals surface area contributed by atoms with E-state index in [0.717, 1.165) is 27.3 Å². The monoisotopic (exact) mass is 500 g/mol. The Morgan fingerprint density at radius 2 is 0.857 bits per heavy atom. The summed E-state index contributed by atoms with van der Waals surface area (Å²) in [7, 11) is 12.2. The highest BCUT2D eigenvalue weighted by atomic mass is 31.1. The Labute approximate surface area is 208 Å². The zero-order valence-corrected chi connectivity index (χ0v) is 22.3. The van der Waals surface area contributed by atoms with Crippen LogP contribution in [0.5, 0.6) is 34.5 Å². The van der Waals surface area contributed by atoms with E-state index in [1.165, 1.54) is 0 Å². The zero-order chi connectivity index (χ0) is 25.5. The van der Waals surface area contributed by atoms with Gasteiger partial charge in [-0.1, -0.05) is 6.07 Å². The zero-order valence-electron chi connectivity index (χ0n) is 21.4. The van der Waals surface area contributed by atoms with Gasteiger partial charge in [-0.3, -0.25) is 0 Å². The molecule has 0 saturated carbocycles. The number of hydrogen-bond acceptors (Lipinski definition) is 8. The van der Waals surface area contributed by atoms with Crippen LogP contribution in [0.1, 0.15) is 0 Å². The van der Waals surface area contributed by atoms with Crippen molar-refractivity contribution in [3.63, 3.8) is 0 Å².